The van der Waals surface area contributed by atoms with Gasteiger partial charge in [0.2, 0.25) is 0 Å². The van der Waals surface area contributed by atoms with Gasteiger partial charge in [-0.15, -0.1) is 0 Å². The van der Waals surface area contributed by atoms with E-state index in [2.05, 4.69) is 55.7 Å². The number of benzene rings is 1. The highest BCUT2D eigenvalue weighted by molar-refractivity contribution is 7.80. The molecule has 0 unspecified atom stereocenters. The molecule has 0 saturated heterocycles. The van der Waals surface area contributed by atoms with E-state index in [1.54, 1.807) is 0 Å². The standard InChI is InChI=1S/C16H24N2S/c1-5-12(4)11-17-16(19)18-15-13(6-2)9-8-10-14(15)7-3/h5,8-10H,6-7,11H2,1-4H3,(H2,17,18,19). The van der Waals surface area contributed by atoms with Crippen molar-refractivity contribution in [2.24, 2.45) is 0 Å². The fourth-order valence-corrected chi connectivity index (χ4v) is 2.06. The molecule has 1 rings (SSSR count). The summed E-state index contributed by atoms with van der Waals surface area (Å²) in [5.74, 6) is 0. The Balaban J connectivity index is 2.78. The van der Waals surface area contributed by atoms with Gasteiger partial charge in [-0.25, -0.2) is 0 Å². The van der Waals surface area contributed by atoms with Gasteiger partial charge in [0.1, 0.15) is 0 Å². The Morgan fingerprint density at radius 3 is 2.26 bits per heavy atom. The normalized spacial score (nSPS) is 11.3. The Bertz CT molecular complexity index is 442. The fourth-order valence-electron chi connectivity index (χ4n) is 1.88. The van der Waals surface area contributed by atoms with Crippen LogP contribution in [0.15, 0.2) is 29.8 Å². The molecule has 0 aromatic heterocycles. The molecule has 0 heterocycles. The molecule has 1 aromatic carbocycles. The molecule has 0 amide bonds. The number of nitrogens with one attached hydrogen (secondary N) is 2. The van der Waals surface area contributed by atoms with Gasteiger partial charge >= 0.3 is 0 Å². The van der Waals surface area contributed by atoms with Crippen LogP contribution in [0, 0.1) is 0 Å². The number of para-hydroxylation sites is 1. The largest absolute Gasteiger partial charge is 0.359 e. The van der Waals surface area contributed by atoms with E-state index >= 15 is 0 Å². The summed E-state index contributed by atoms with van der Waals surface area (Å²) in [6, 6.07) is 6.42. The van der Waals surface area contributed by atoms with Crippen molar-refractivity contribution >= 4 is 23.0 Å². The number of hydrogen-bond donors (Lipinski definition) is 2. The lowest BCUT2D eigenvalue weighted by molar-refractivity contribution is 0.988. The highest BCUT2D eigenvalue weighted by atomic mass is 32.1. The fraction of sp³-hybridized carbons (Fsp3) is 0.438. The van der Waals surface area contributed by atoms with Crippen molar-refractivity contribution in [3.63, 3.8) is 0 Å². The first-order chi connectivity index (χ1) is 9.12. The van der Waals surface area contributed by atoms with Gasteiger partial charge in [0.15, 0.2) is 5.11 Å². The minimum Gasteiger partial charge on any atom is -0.359 e. The third kappa shape index (κ3) is 4.67. The van der Waals surface area contributed by atoms with Gasteiger partial charge in [0, 0.05) is 12.2 Å². The Morgan fingerprint density at radius 1 is 1.21 bits per heavy atom. The van der Waals surface area contributed by atoms with E-state index in [1.165, 1.54) is 22.4 Å². The summed E-state index contributed by atoms with van der Waals surface area (Å²) in [5, 5.41) is 7.28. The van der Waals surface area contributed by atoms with Crippen LogP contribution >= 0.6 is 12.2 Å². The molecule has 2 nitrogen and oxygen atoms in total. The van der Waals surface area contributed by atoms with Gasteiger partial charge in [0.05, 0.1) is 0 Å². The summed E-state index contributed by atoms with van der Waals surface area (Å²) in [6.07, 6.45) is 4.10. The highest BCUT2D eigenvalue weighted by Gasteiger charge is 2.07. The number of thiocarbonyl (C=S) groups is 1. The molecule has 0 spiro atoms. The summed E-state index contributed by atoms with van der Waals surface area (Å²) >= 11 is 5.37. The lowest BCUT2D eigenvalue weighted by Crippen LogP contribution is -2.30. The summed E-state index contributed by atoms with van der Waals surface area (Å²) in [5.41, 5.74) is 5.07. The molecular formula is C16H24N2S. The molecule has 19 heavy (non-hydrogen) atoms. The van der Waals surface area contributed by atoms with Crippen LogP contribution in [0.1, 0.15) is 38.8 Å². The van der Waals surface area contributed by atoms with Crippen LogP contribution in [-0.2, 0) is 12.8 Å². The van der Waals surface area contributed by atoms with Crippen molar-refractivity contribution in [3.8, 4) is 0 Å². The second kappa shape index (κ2) is 7.95. The molecule has 0 atom stereocenters. The van der Waals surface area contributed by atoms with Crippen LogP contribution in [0.2, 0.25) is 0 Å². The maximum atomic E-state index is 5.37. The van der Waals surface area contributed by atoms with Crippen LogP contribution in [0.5, 0.6) is 0 Å². The average Bonchev–Trinajstić information content (AvgIpc) is 2.44. The van der Waals surface area contributed by atoms with Crippen LogP contribution in [0.4, 0.5) is 5.69 Å². The predicted molar refractivity (Wildman–Crippen MR) is 88.9 cm³/mol. The quantitative estimate of drug-likeness (QED) is 0.626. The number of hydrogen-bond acceptors (Lipinski definition) is 1. The first-order valence-corrected chi connectivity index (χ1v) is 7.30. The van der Waals surface area contributed by atoms with Crippen molar-refractivity contribution in [2.45, 2.75) is 40.5 Å². The monoisotopic (exact) mass is 276 g/mol. The molecule has 3 heteroatoms. The van der Waals surface area contributed by atoms with Crippen LogP contribution in [0.3, 0.4) is 0 Å². The SMILES string of the molecule is CC=C(C)CNC(=S)Nc1c(CC)cccc1CC. The topological polar surface area (TPSA) is 24.1 Å². The Morgan fingerprint density at radius 2 is 1.79 bits per heavy atom. The molecule has 0 saturated carbocycles. The molecule has 2 N–H and O–H groups in total. The van der Waals surface area contributed by atoms with Crippen LogP contribution in [-0.4, -0.2) is 11.7 Å². The van der Waals surface area contributed by atoms with Crippen molar-refractivity contribution in [1.82, 2.24) is 5.32 Å². The average molecular weight is 276 g/mol. The minimum atomic E-state index is 0.691. The molecular weight excluding hydrogens is 252 g/mol. The maximum absolute atomic E-state index is 5.37. The van der Waals surface area contributed by atoms with Crippen LogP contribution in [0.25, 0.3) is 0 Å². The van der Waals surface area contributed by atoms with Crippen molar-refractivity contribution in [1.29, 1.82) is 0 Å². The van der Waals surface area contributed by atoms with E-state index in [0.717, 1.165) is 19.4 Å². The molecule has 0 aliphatic carbocycles. The van der Waals surface area contributed by atoms with Gasteiger partial charge in [-0.1, -0.05) is 43.7 Å². The lowest BCUT2D eigenvalue weighted by atomic mass is 10.0. The summed E-state index contributed by atoms with van der Waals surface area (Å²) in [4.78, 5) is 0. The predicted octanol–water partition coefficient (Wildman–Crippen LogP) is 4.06. The summed E-state index contributed by atoms with van der Waals surface area (Å²) in [6.45, 7) is 9.25. The van der Waals surface area contributed by atoms with E-state index in [-0.39, 0.29) is 0 Å². The summed E-state index contributed by atoms with van der Waals surface area (Å²) in [7, 11) is 0. The zero-order valence-corrected chi connectivity index (χ0v) is 13.2. The van der Waals surface area contributed by atoms with E-state index in [1.807, 2.05) is 6.92 Å². The zero-order chi connectivity index (χ0) is 14.3. The first kappa shape index (κ1) is 15.7. The smallest absolute Gasteiger partial charge is 0.171 e. The van der Waals surface area contributed by atoms with E-state index in [4.69, 9.17) is 12.2 Å². The summed E-state index contributed by atoms with van der Waals surface area (Å²) < 4.78 is 0. The number of anilines is 1. The van der Waals surface area contributed by atoms with E-state index in [9.17, 15) is 0 Å². The number of allylic oxidation sites excluding steroid dienone is 1. The van der Waals surface area contributed by atoms with Crippen molar-refractivity contribution < 1.29 is 0 Å². The lowest BCUT2D eigenvalue weighted by Gasteiger charge is -2.17. The molecule has 0 aliphatic heterocycles. The van der Waals surface area contributed by atoms with Gasteiger partial charge in [-0.3, -0.25) is 0 Å². The molecule has 0 radical (unpaired) electrons. The molecule has 0 bridgehead atoms. The third-order valence-electron chi connectivity index (χ3n) is 3.26. The van der Waals surface area contributed by atoms with Crippen molar-refractivity contribution in [3.05, 3.63) is 41.0 Å². The molecule has 1 aromatic rings. The molecule has 0 aliphatic rings. The van der Waals surface area contributed by atoms with Gasteiger partial charge in [-0.2, -0.15) is 0 Å². The molecule has 0 fully saturated rings. The second-order valence-corrected chi connectivity index (χ2v) is 5.01. The Labute approximate surface area is 122 Å². The third-order valence-corrected chi connectivity index (χ3v) is 3.50. The van der Waals surface area contributed by atoms with E-state index in [0.29, 0.717) is 5.11 Å². The number of rotatable bonds is 5. The Hall–Kier alpha value is -1.35. The van der Waals surface area contributed by atoms with Crippen molar-refractivity contribution in [2.75, 3.05) is 11.9 Å². The van der Waals surface area contributed by atoms with Crippen LogP contribution < -0.4 is 10.6 Å². The minimum absolute atomic E-state index is 0.691. The number of aryl methyl sites for hydroxylation is 2. The second-order valence-electron chi connectivity index (χ2n) is 4.60. The Kier molecular flexibility index (Phi) is 6.57. The zero-order valence-electron chi connectivity index (χ0n) is 12.3. The first-order valence-electron chi connectivity index (χ1n) is 6.89. The molecule has 104 valence electrons. The highest BCUT2D eigenvalue weighted by Crippen LogP contribution is 2.22. The van der Waals surface area contributed by atoms with Gasteiger partial charge < -0.3 is 10.6 Å². The van der Waals surface area contributed by atoms with Gasteiger partial charge in [0.25, 0.3) is 0 Å². The maximum Gasteiger partial charge on any atom is 0.171 e. The van der Waals surface area contributed by atoms with Gasteiger partial charge in [-0.05, 0) is 50.0 Å². The van der Waals surface area contributed by atoms with E-state index < -0.39 is 0 Å².